The van der Waals surface area contributed by atoms with E-state index in [1.54, 1.807) is 12.1 Å². The van der Waals surface area contributed by atoms with Crippen molar-refractivity contribution in [3.05, 3.63) is 63.7 Å². The number of fused-ring (bicyclic) bond motifs is 1. The maximum Gasteiger partial charge on any atom is 0.270 e. The van der Waals surface area contributed by atoms with Gasteiger partial charge in [-0.2, -0.15) is 0 Å². The predicted molar refractivity (Wildman–Crippen MR) is 118 cm³/mol. The Morgan fingerprint density at radius 3 is 2.60 bits per heavy atom. The first-order valence-electron chi connectivity index (χ1n) is 9.87. The zero-order chi connectivity index (χ0) is 21.1. The summed E-state index contributed by atoms with van der Waals surface area (Å²) in [5, 5.41) is 14.8. The SMILES string of the molecule is Cc1ccc(C(=O)NCCN2CCN(c3nc4ccc([N+](=O)[O-])cc4s3)CC2)cc1. The Bertz CT molecular complexity index is 1060. The minimum Gasteiger partial charge on any atom is -0.351 e. The van der Waals surface area contributed by atoms with Gasteiger partial charge in [-0.1, -0.05) is 29.0 Å². The molecule has 1 aliphatic rings. The molecular weight excluding hydrogens is 402 g/mol. The van der Waals surface area contributed by atoms with Crippen molar-refractivity contribution >= 4 is 38.3 Å². The van der Waals surface area contributed by atoms with Gasteiger partial charge < -0.3 is 10.2 Å². The molecule has 1 aromatic heterocycles. The number of benzene rings is 2. The van der Waals surface area contributed by atoms with Gasteiger partial charge in [-0.05, 0) is 25.1 Å². The summed E-state index contributed by atoms with van der Waals surface area (Å²) in [6.07, 6.45) is 0. The number of anilines is 1. The maximum absolute atomic E-state index is 12.2. The van der Waals surface area contributed by atoms with Crippen molar-refractivity contribution in [3.8, 4) is 0 Å². The van der Waals surface area contributed by atoms with Gasteiger partial charge in [-0.3, -0.25) is 19.8 Å². The van der Waals surface area contributed by atoms with Crippen LogP contribution < -0.4 is 10.2 Å². The van der Waals surface area contributed by atoms with Crippen molar-refractivity contribution in [2.45, 2.75) is 6.92 Å². The van der Waals surface area contributed by atoms with Crippen LogP contribution in [0.3, 0.4) is 0 Å². The van der Waals surface area contributed by atoms with E-state index >= 15 is 0 Å². The summed E-state index contributed by atoms with van der Waals surface area (Å²) in [5.74, 6) is -0.0443. The number of piperazine rings is 1. The van der Waals surface area contributed by atoms with Gasteiger partial charge in [0.25, 0.3) is 11.6 Å². The molecule has 0 spiro atoms. The highest BCUT2D eigenvalue weighted by Crippen LogP contribution is 2.31. The first kappa shape index (κ1) is 20.2. The monoisotopic (exact) mass is 425 g/mol. The molecule has 0 saturated carbocycles. The Morgan fingerprint density at radius 1 is 1.17 bits per heavy atom. The molecule has 30 heavy (non-hydrogen) atoms. The third kappa shape index (κ3) is 4.58. The predicted octanol–water partition coefficient (Wildman–Crippen LogP) is 3.06. The van der Waals surface area contributed by atoms with Crippen LogP contribution >= 0.6 is 11.3 Å². The lowest BCUT2D eigenvalue weighted by Gasteiger charge is -2.34. The number of nitrogens with zero attached hydrogens (tertiary/aromatic N) is 4. The highest BCUT2D eigenvalue weighted by molar-refractivity contribution is 7.22. The maximum atomic E-state index is 12.2. The number of hydrogen-bond donors (Lipinski definition) is 1. The third-order valence-corrected chi connectivity index (χ3v) is 6.32. The molecule has 2 heterocycles. The number of hydrogen-bond acceptors (Lipinski definition) is 7. The van der Waals surface area contributed by atoms with E-state index < -0.39 is 0 Å². The zero-order valence-corrected chi connectivity index (χ0v) is 17.5. The van der Waals surface area contributed by atoms with Crippen LogP contribution in [-0.2, 0) is 0 Å². The van der Waals surface area contributed by atoms with Crippen LogP contribution in [0, 0.1) is 17.0 Å². The largest absolute Gasteiger partial charge is 0.351 e. The van der Waals surface area contributed by atoms with E-state index in [2.05, 4.69) is 20.1 Å². The normalized spacial score (nSPS) is 14.8. The molecule has 8 nitrogen and oxygen atoms in total. The van der Waals surface area contributed by atoms with Crippen molar-refractivity contribution in [3.63, 3.8) is 0 Å². The number of nitro groups is 1. The molecule has 0 aliphatic carbocycles. The lowest BCUT2D eigenvalue weighted by molar-refractivity contribution is -0.384. The molecule has 1 saturated heterocycles. The first-order chi connectivity index (χ1) is 14.5. The molecule has 156 valence electrons. The molecule has 1 aliphatic heterocycles. The highest BCUT2D eigenvalue weighted by atomic mass is 32.1. The van der Waals surface area contributed by atoms with Gasteiger partial charge in [0.15, 0.2) is 5.13 Å². The number of aryl methyl sites for hydroxylation is 1. The lowest BCUT2D eigenvalue weighted by atomic mass is 10.1. The molecule has 2 aromatic carbocycles. The second-order valence-electron chi connectivity index (χ2n) is 7.36. The standard InChI is InChI=1S/C21H23N5O3S/c1-15-2-4-16(5-3-15)20(27)22-8-9-24-10-12-25(13-11-24)21-23-18-7-6-17(26(28)29)14-19(18)30-21/h2-7,14H,8-13H2,1H3,(H,22,27). The second-order valence-corrected chi connectivity index (χ2v) is 8.37. The quantitative estimate of drug-likeness (QED) is 0.482. The second kappa shape index (κ2) is 8.76. The fraction of sp³-hybridized carbons (Fsp3) is 0.333. The van der Waals surface area contributed by atoms with Crippen LogP contribution in [0.25, 0.3) is 10.2 Å². The van der Waals surface area contributed by atoms with Gasteiger partial charge in [0.1, 0.15) is 0 Å². The van der Waals surface area contributed by atoms with Crippen LogP contribution in [0.5, 0.6) is 0 Å². The van der Waals surface area contributed by atoms with E-state index in [4.69, 9.17) is 0 Å². The molecule has 3 aromatic rings. The smallest absolute Gasteiger partial charge is 0.270 e. The summed E-state index contributed by atoms with van der Waals surface area (Å²) in [6.45, 7) is 6.86. The van der Waals surface area contributed by atoms with E-state index in [1.165, 1.54) is 17.4 Å². The molecule has 4 rings (SSSR count). The summed E-state index contributed by atoms with van der Waals surface area (Å²) >= 11 is 1.49. The molecule has 1 N–H and O–H groups in total. The third-order valence-electron chi connectivity index (χ3n) is 5.24. The van der Waals surface area contributed by atoms with E-state index in [0.717, 1.165) is 53.6 Å². The van der Waals surface area contributed by atoms with E-state index in [9.17, 15) is 14.9 Å². The minimum absolute atomic E-state index is 0.0443. The fourth-order valence-corrected chi connectivity index (χ4v) is 4.50. The van der Waals surface area contributed by atoms with Crippen molar-refractivity contribution in [2.24, 2.45) is 0 Å². The highest BCUT2D eigenvalue weighted by Gasteiger charge is 2.20. The molecule has 0 unspecified atom stereocenters. The Labute approximate surface area is 178 Å². The number of non-ortho nitro benzene ring substituents is 1. The van der Waals surface area contributed by atoms with Crippen LogP contribution in [0.1, 0.15) is 15.9 Å². The topological polar surface area (TPSA) is 91.6 Å². The van der Waals surface area contributed by atoms with Crippen LogP contribution in [0.15, 0.2) is 42.5 Å². The Kier molecular flexibility index (Phi) is 5.91. The van der Waals surface area contributed by atoms with E-state index in [0.29, 0.717) is 12.1 Å². The number of carbonyl (C=O) groups excluding carboxylic acids is 1. The summed E-state index contributed by atoms with van der Waals surface area (Å²) in [5.41, 5.74) is 2.70. The fourth-order valence-electron chi connectivity index (χ4n) is 3.45. The number of carbonyl (C=O) groups is 1. The lowest BCUT2D eigenvalue weighted by Crippen LogP contribution is -2.48. The summed E-state index contributed by atoms with van der Waals surface area (Å²) in [4.78, 5) is 32.0. The van der Waals surface area contributed by atoms with Crippen LogP contribution in [0.4, 0.5) is 10.8 Å². The summed E-state index contributed by atoms with van der Waals surface area (Å²) in [7, 11) is 0. The van der Waals surface area contributed by atoms with Gasteiger partial charge in [0.2, 0.25) is 0 Å². The van der Waals surface area contributed by atoms with Crippen molar-refractivity contribution in [1.29, 1.82) is 0 Å². The number of amides is 1. The molecule has 0 radical (unpaired) electrons. The van der Waals surface area contributed by atoms with Crippen molar-refractivity contribution in [1.82, 2.24) is 15.2 Å². The Balaban J connectivity index is 1.26. The van der Waals surface area contributed by atoms with Crippen molar-refractivity contribution < 1.29 is 9.72 Å². The Hall–Kier alpha value is -3.04. The zero-order valence-electron chi connectivity index (χ0n) is 16.7. The molecule has 1 fully saturated rings. The van der Waals surface area contributed by atoms with Crippen LogP contribution in [-0.4, -0.2) is 60.0 Å². The average molecular weight is 426 g/mol. The number of aromatic nitrogens is 1. The molecule has 0 atom stereocenters. The molecular formula is C21H23N5O3S. The van der Waals surface area contributed by atoms with Gasteiger partial charge in [0, 0.05) is 57.0 Å². The molecule has 9 heteroatoms. The summed E-state index contributed by atoms with van der Waals surface area (Å²) < 4.78 is 0.834. The Morgan fingerprint density at radius 2 is 1.90 bits per heavy atom. The average Bonchev–Trinajstić information content (AvgIpc) is 3.18. The number of rotatable bonds is 6. The minimum atomic E-state index is -0.380. The summed E-state index contributed by atoms with van der Waals surface area (Å²) in [6, 6.07) is 12.4. The van der Waals surface area contributed by atoms with Crippen LogP contribution in [0.2, 0.25) is 0 Å². The number of thiazole rings is 1. The number of nitrogens with one attached hydrogen (secondary N) is 1. The molecule has 1 amide bonds. The van der Waals surface area contributed by atoms with E-state index in [-0.39, 0.29) is 16.5 Å². The van der Waals surface area contributed by atoms with Gasteiger partial charge in [-0.25, -0.2) is 4.98 Å². The van der Waals surface area contributed by atoms with Crippen molar-refractivity contribution in [2.75, 3.05) is 44.2 Å². The molecule has 0 bridgehead atoms. The first-order valence-corrected chi connectivity index (χ1v) is 10.7. The van der Waals surface area contributed by atoms with Gasteiger partial charge >= 0.3 is 0 Å². The van der Waals surface area contributed by atoms with Gasteiger partial charge in [-0.15, -0.1) is 0 Å². The van der Waals surface area contributed by atoms with Gasteiger partial charge in [0.05, 0.1) is 15.1 Å². The van der Waals surface area contributed by atoms with E-state index in [1.807, 2.05) is 31.2 Å². The number of nitro benzene ring substituents is 1.